The fourth-order valence-corrected chi connectivity index (χ4v) is 2.87. The molecule has 0 aliphatic heterocycles. The molecule has 0 radical (unpaired) electrons. The molecule has 0 fully saturated rings. The second-order valence-corrected chi connectivity index (χ2v) is 5.25. The zero-order valence-corrected chi connectivity index (χ0v) is 12.6. The van der Waals surface area contributed by atoms with Crippen molar-refractivity contribution in [3.63, 3.8) is 0 Å². The zero-order chi connectivity index (χ0) is 14.5. The van der Waals surface area contributed by atoms with Crippen molar-refractivity contribution in [1.29, 1.82) is 0 Å². The lowest BCUT2D eigenvalue weighted by Crippen LogP contribution is -2.21. The van der Waals surface area contributed by atoms with Crippen molar-refractivity contribution in [2.24, 2.45) is 0 Å². The van der Waals surface area contributed by atoms with E-state index in [2.05, 4.69) is 21.8 Å². The summed E-state index contributed by atoms with van der Waals surface area (Å²) >= 11 is 1.37. The number of ether oxygens (including phenoxy) is 1. The van der Waals surface area contributed by atoms with Crippen LogP contribution in [-0.2, 0) is 11.3 Å². The Balaban J connectivity index is 2.22. The van der Waals surface area contributed by atoms with Crippen molar-refractivity contribution >= 4 is 22.4 Å². The molecule has 0 N–H and O–H groups in total. The number of rotatable bonds is 5. The lowest BCUT2D eigenvalue weighted by Gasteiger charge is -2.19. The average molecular weight is 291 g/mol. The van der Waals surface area contributed by atoms with E-state index in [4.69, 9.17) is 4.74 Å². The van der Waals surface area contributed by atoms with E-state index in [0.717, 1.165) is 23.8 Å². The van der Waals surface area contributed by atoms with Crippen molar-refractivity contribution < 1.29 is 9.53 Å². The van der Waals surface area contributed by atoms with Gasteiger partial charge in [0.05, 0.1) is 12.8 Å². The predicted molar refractivity (Wildman–Crippen MR) is 79.2 cm³/mol. The van der Waals surface area contributed by atoms with E-state index in [9.17, 15) is 4.79 Å². The molecule has 0 saturated carbocycles. The van der Waals surface area contributed by atoms with Crippen LogP contribution < -0.4 is 4.90 Å². The molecule has 20 heavy (non-hydrogen) atoms. The fraction of sp³-hybridized carbons (Fsp3) is 0.357. The number of thiazole rings is 1. The Morgan fingerprint density at radius 3 is 2.70 bits per heavy atom. The Kier molecular flexibility index (Phi) is 4.68. The first kappa shape index (κ1) is 14.5. The fourth-order valence-electron chi connectivity index (χ4n) is 1.82. The number of esters is 1. The molecule has 0 saturated heterocycles. The summed E-state index contributed by atoms with van der Waals surface area (Å²) in [7, 11) is 1.38. The Bertz CT molecular complexity index is 583. The molecule has 2 rings (SSSR count). The molecule has 0 aliphatic rings. The molecule has 106 valence electrons. The topological polar surface area (TPSA) is 55.3 Å². The summed E-state index contributed by atoms with van der Waals surface area (Å²) in [4.78, 5) is 22.8. The lowest BCUT2D eigenvalue weighted by atomic mass is 10.2. The van der Waals surface area contributed by atoms with Crippen LogP contribution in [0.3, 0.4) is 0 Å². The van der Waals surface area contributed by atoms with Crippen LogP contribution in [0.2, 0.25) is 0 Å². The van der Waals surface area contributed by atoms with Crippen LogP contribution in [-0.4, -0.2) is 29.6 Å². The minimum absolute atomic E-state index is 0.328. The van der Waals surface area contributed by atoms with E-state index in [-0.39, 0.29) is 5.97 Å². The Labute approximate surface area is 122 Å². The summed E-state index contributed by atoms with van der Waals surface area (Å²) in [5.41, 5.74) is 1.87. The van der Waals surface area contributed by atoms with Gasteiger partial charge in [0, 0.05) is 25.5 Å². The number of aromatic nitrogens is 2. The first-order chi connectivity index (χ1) is 9.65. The van der Waals surface area contributed by atoms with Gasteiger partial charge in [-0.3, -0.25) is 4.98 Å². The number of carbonyl (C=O) groups excluding carboxylic acids is 1. The third-order valence-electron chi connectivity index (χ3n) is 2.93. The quantitative estimate of drug-likeness (QED) is 0.793. The zero-order valence-electron chi connectivity index (χ0n) is 11.8. The molecule has 2 aromatic heterocycles. The monoisotopic (exact) mass is 291 g/mol. The van der Waals surface area contributed by atoms with E-state index in [1.807, 2.05) is 19.1 Å². The second-order valence-electron chi connectivity index (χ2n) is 4.27. The van der Waals surface area contributed by atoms with Crippen LogP contribution in [0.4, 0.5) is 5.13 Å². The van der Waals surface area contributed by atoms with Crippen LogP contribution >= 0.6 is 11.3 Å². The van der Waals surface area contributed by atoms with Gasteiger partial charge in [0.25, 0.3) is 0 Å². The third-order valence-corrected chi connectivity index (χ3v) is 4.13. The van der Waals surface area contributed by atoms with E-state index >= 15 is 0 Å². The number of methoxy groups -OCH3 is 1. The van der Waals surface area contributed by atoms with Crippen LogP contribution in [0.1, 0.15) is 27.9 Å². The highest BCUT2D eigenvalue weighted by molar-refractivity contribution is 7.17. The van der Waals surface area contributed by atoms with E-state index in [1.165, 1.54) is 18.4 Å². The minimum Gasteiger partial charge on any atom is -0.465 e. The normalized spacial score (nSPS) is 10.3. The molecule has 0 amide bonds. The van der Waals surface area contributed by atoms with Gasteiger partial charge in [0.1, 0.15) is 4.88 Å². The summed E-state index contributed by atoms with van der Waals surface area (Å²) in [6.45, 7) is 5.45. The number of hydrogen-bond acceptors (Lipinski definition) is 6. The summed E-state index contributed by atoms with van der Waals surface area (Å²) in [6.07, 6.45) is 3.55. The van der Waals surface area contributed by atoms with Crippen molar-refractivity contribution in [3.05, 3.63) is 40.7 Å². The number of pyridine rings is 1. The molecule has 6 heteroatoms. The van der Waals surface area contributed by atoms with Crippen molar-refractivity contribution in [1.82, 2.24) is 9.97 Å². The van der Waals surface area contributed by atoms with Crippen molar-refractivity contribution in [2.75, 3.05) is 18.6 Å². The van der Waals surface area contributed by atoms with Crippen LogP contribution in [0.25, 0.3) is 0 Å². The molecular formula is C14H17N3O2S. The van der Waals surface area contributed by atoms with E-state index in [0.29, 0.717) is 10.6 Å². The molecule has 0 aliphatic carbocycles. The summed E-state index contributed by atoms with van der Waals surface area (Å²) in [6, 6.07) is 3.95. The number of nitrogens with zero attached hydrogens (tertiary/aromatic N) is 3. The van der Waals surface area contributed by atoms with Gasteiger partial charge < -0.3 is 9.64 Å². The van der Waals surface area contributed by atoms with Gasteiger partial charge in [-0.25, -0.2) is 9.78 Å². The molecule has 2 heterocycles. The molecule has 0 aromatic carbocycles. The molecule has 2 aromatic rings. The second kappa shape index (κ2) is 6.47. The molecular weight excluding hydrogens is 274 g/mol. The number of hydrogen-bond donors (Lipinski definition) is 0. The highest BCUT2D eigenvalue weighted by atomic mass is 32.1. The number of anilines is 1. The third kappa shape index (κ3) is 3.14. The van der Waals surface area contributed by atoms with Gasteiger partial charge in [0.15, 0.2) is 5.13 Å². The molecule has 0 spiro atoms. The summed E-state index contributed by atoms with van der Waals surface area (Å²) < 4.78 is 4.77. The minimum atomic E-state index is -0.328. The largest absolute Gasteiger partial charge is 0.465 e. The lowest BCUT2D eigenvalue weighted by molar-refractivity contribution is 0.0605. The Morgan fingerprint density at radius 1 is 1.40 bits per heavy atom. The molecule has 0 atom stereocenters. The standard InChI is InChI=1S/C14H17N3O2S/c1-4-17(9-11-5-7-15-8-6-11)14-16-10(2)12(20-14)13(18)19-3/h5-8H,4,9H2,1-3H3. The van der Waals surface area contributed by atoms with Gasteiger partial charge in [-0.1, -0.05) is 11.3 Å². The summed E-state index contributed by atoms with van der Waals surface area (Å²) in [5.74, 6) is -0.328. The Morgan fingerprint density at radius 2 is 2.10 bits per heavy atom. The highest BCUT2D eigenvalue weighted by Gasteiger charge is 2.18. The van der Waals surface area contributed by atoms with Gasteiger partial charge in [-0.2, -0.15) is 0 Å². The maximum atomic E-state index is 11.6. The molecule has 5 nitrogen and oxygen atoms in total. The van der Waals surface area contributed by atoms with Crippen LogP contribution in [0, 0.1) is 6.92 Å². The SMILES string of the molecule is CCN(Cc1ccncc1)c1nc(C)c(C(=O)OC)s1. The Hall–Kier alpha value is -1.95. The van der Waals surface area contributed by atoms with Gasteiger partial charge >= 0.3 is 5.97 Å². The van der Waals surface area contributed by atoms with Crippen LogP contribution in [0.15, 0.2) is 24.5 Å². The first-order valence-corrected chi connectivity index (χ1v) is 7.17. The van der Waals surface area contributed by atoms with Crippen molar-refractivity contribution in [3.8, 4) is 0 Å². The summed E-state index contributed by atoms with van der Waals surface area (Å²) in [5, 5.41) is 0.835. The van der Waals surface area contributed by atoms with E-state index < -0.39 is 0 Å². The number of aryl methyl sites for hydroxylation is 1. The maximum absolute atomic E-state index is 11.6. The van der Waals surface area contributed by atoms with Crippen LogP contribution in [0.5, 0.6) is 0 Å². The average Bonchev–Trinajstić information content (AvgIpc) is 2.87. The molecule has 0 bridgehead atoms. The van der Waals surface area contributed by atoms with E-state index in [1.54, 1.807) is 12.4 Å². The van der Waals surface area contributed by atoms with Gasteiger partial charge in [-0.05, 0) is 31.5 Å². The molecule has 0 unspecified atom stereocenters. The maximum Gasteiger partial charge on any atom is 0.350 e. The highest BCUT2D eigenvalue weighted by Crippen LogP contribution is 2.27. The number of carbonyl (C=O) groups is 1. The van der Waals surface area contributed by atoms with Crippen molar-refractivity contribution in [2.45, 2.75) is 20.4 Å². The van der Waals surface area contributed by atoms with Gasteiger partial charge in [-0.15, -0.1) is 0 Å². The smallest absolute Gasteiger partial charge is 0.350 e. The first-order valence-electron chi connectivity index (χ1n) is 6.35. The predicted octanol–water partition coefficient (Wildman–Crippen LogP) is 2.66. The van der Waals surface area contributed by atoms with Gasteiger partial charge in [0.2, 0.25) is 0 Å².